The van der Waals surface area contributed by atoms with Gasteiger partial charge in [-0.1, -0.05) is 0 Å². The van der Waals surface area contributed by atoms with Crippen LogP contribution in [-0.4, -0.2) is 28.4 Å². The summed E-state index contributed by atoms with van der Waals surface area (Å²) in [5.74, 6) is -0.264. The van der Waals surface area contributed by atoms with Gasteiger partial charge in [-0.25, -0.2) is 4.39 Å². The van der Waals surface area contributed by atoms with Crippen molar-refractivity contribution in [1.29, 1.82) is 0 Å². The standard InChI is InChI=1S/C11H14ClFN2/c12-10-1-3-15(4-2-10)8-9-5-11(13)7-14-6-9/h5-7,10H,1-4,8H2. The van der Waals surface area contributed by atoms with E-state index in [1.54, 1.807) is 12.3 Å². The van der Waals surface area contributed by atoms with Crippen LogP contribution < -0.4 is 0 Å². The number of likely N-dealkylation sites (tertiary alicyclic amines) is 1. The normalized spacial score (nSPS) is 19.3. The van der Waals surface area contributed by atoms with E-state index in [0.717, 1.165) is 38.0 Å². The van der Waals surface area contributed by atoms with Crippen LogP contribution in [0.2, 0.25) is 0 Å². The molecule has 0 unspecified atom stereocenters. The molecule has 0 amide bonds. The molecule has 1 aliphatic heterocycles. The summed E-state index contributed by atoms with van der Waals surface area (Å²) in [5, 5.41) is 0.312. The first kappa shape index (κ1) is 10.8. The first-order valence-electron chi connectivity index (χ1n) is 5.20. The molecule has 0 radical (unpaired) electrons. The molecular weight excluding hydrogens is 215 g/mol. The molecule has 1 aliphatic rings. The predicted octanol–water partition coefficient (Wildman–Crippen LogP) is 2.42. The second kappa shape index (κ2) is 4.90. The molecule has 1 fully saturated rings. The van der Waals surface area contributed by atoms with E-state index in [1.807, 2.05) is 0 Å². The quantitative estimate of drug-likeness (QED) is 0.723. The Hall–Kier alpha value is -0.670. The molecule has 0 aromatic carbocycles. The van der Waals surface area contributed by atoms with Crippen LogP contribution in [0.4, 0.5) is 4.39 Å². The van der Waals surface area contributed by atoms with Crippen LogP contribution in [0, 0.1) is 5.82 Å². The second-order valence-electron chi connectivity index (χ2n) is 3.96. The van der Waals surface area contributed by atoms with E-state index >= 15 is 0 Å². The van der Waals surface area contributed by atoms with Crippen molar-refractivity contribution in [1.82, 2.24) is 9.88 Å². The highest BCUT2D eigenvalue weighted by Gasteiger charge is 2.17. The lowest BCUT2D eigenvalue weighted by Crippen LogP contribution is -2.33. The number of hydrogen-bond acceptors (Lipinski definition) is 2. The summed E-state index contributed by atoms with van der Waals surface area (Å²) < 4.78 is 12.9. The van der Waals surface area contributed by atoms with E-state index in [1.165, 1.54) is 6.20 Å². The van der Waals surface area contributed by atoms with Gasteiger partial charge in [0.1, 0.15) is 5.82 Å². The number of aromatic nitrogens is 1. The molecule has 2 nitrogen and oxygen atoms in total. The van der Waals surface area contributed by atoms with Crippen molar-refractivity contribution in [2.75, 3.05) is 13.1 Å². The topological polar surface area (TPSA) is 16.1 Å². The fraction of sp³-hybridized carbons (Fsp3) is 0.545. The van der Waals surface area contributed by atoms with Crippen molar-refractivity contribution in [2.45, 2.75) is 24.8 Å². The molecule has 0 aliphatic carbocycles. The SMILES string of the molecule is Fc1cncc(CN2CCC(Cl)CC2)c1. The number of hydrogen-bond donors (Lipinski definition) is 0. The summed E-state index contributed by atoms with van der Waals surface area (Å²) >= 11 is 6.01. The number of alkyl halides is 1. The summed E-state index contributed by atoms with van der Waals surface area (Å²) in [6.07, 6.45) is 4.99. The maximum atomic E-state index is 12.9. The van der Waals surface area contributed by atoms with Crippen molar-refractivity contribution in [3.63, 3.8) is 0 Å². The molecule has 82 valence electrons. The maximum Gasteiger partial charge on any atom is 0.141 e. The van der Waals surface area contributed by atoms with Crippen LogP contribution in [0.25, 0.3) is 0 Å². The molecular formula is C11H14ClFN2. The van der Waals surface area contributed by atoms with Crippen LogP contribution in [0.15, 0.2) is 18.5 Å². The van der Waals surface area contributed by atoms with Gasteiger partial charge in [-0.05, 0) is 37.6 Å². The van der Waals surface area contributed by atoms with Crippen LogP contribution >= 0.6 is 11.6 Å². The minimum absolute atomic E-state index is 0.264. The average Bonchev–Trinajstić information content (AvgIpc) is 2.22. The van der Waals surface area contributed by atoms with Crippen LogP contribution in [0.3, 0.4) is 0 Å². The van der Waals surface area contributed by atoms with Gasteiger partial charge in [0, 0.05) is 18.1 Å². The Balaban J connectivity index is 1.92. The van der Waals surface area contributed by atoms with Gasteiger partial charge in [-0.2, -0.15) is 0 Å². The average molecular weight is 229 g/mol. The van der Waals surface area contributed by atoms with Gasteiger partial charge in [0.05, 0.1) is 6.20 Å². The molecule has 4 heteroatoms. The van der Waals surface area contributed by atoms with Crippen molar-refractivity contribution in [3.05, 3.63) is 29.8 Å². The van der Waals surface area contributed by atoms with Crippen LogP contribution in [0.5, 0.6) is 0 Å². The van der Waals surface area contributed by atoms with E-state index in [-0.39, 0.29) is 5.82 Å². The highest BCUT2D eigenvalue weighted by molar-refractivity contribution is 6.20. The van der Waals surface area contributed by atoms with E-state index in [0.29, 0.717) is 5.38 Å². The minimum Gasteiger partial charge on any atom is -0.299 e. The third-order valence-electron chi connectivity index (χ3n) is 2.68. The zero-order valence-electron chi connectivity index (χ0n) is 8.50. The molecule has 0 atom stereocenters. The molecule has 0 N–H and O–H groups in total. The van der Waals surface area contributed by atoms with Crippen molar-refractivity contribution in [3.8, 4) is 0 Å². The molecule has 1 saturated heterocycles. The molecule has 0 saturated carbocycles. The molecule has 0 spiro atoms. The lowest BCUT2D eigenvalue weighted by molar-refractivity contribution is 0.223. The smallest absolute Gasteiger partial charge is 0.141 e. The summed E-state index contributed by atoms with van der Waals surface area (Å²) in [7, 11) is 0. The van der Waals surface area contributed by atoms with Gasteiger partial charge in [-0.3, -0.25) is 9.88 Å². The Bertz CT molecular complexity index is 324. The Kier molecular flexibility index (Phi) is 3.54. The molecule has 1 aromatic rings. The van der Waals surface area contributed by atoms with E-state index in [4.69, 9.17) is 11.6 Å². The molecule has 2 rings (SSSR count). The monoisotopic (exact) mass is 228 g/mol. The first-order valence-corrected chi connectivity index (χ1v) is 5.63. The maximum absolute atomic E-state index is 12.9. The molecule has 15 heavy (non-hydrogen) atoms. The largest absolute Gasteiger partial charge is 0.299 e. The Morgan fingerprint density at radius 3 is 2.80 bits per heavy atom. The second-order valence-corrected chi connectivity index (χ2v) is 4.58. The minimum atomic E-state index is -0.264. The fourth-order valence-corrected chi connectivity index (χ4v) is 2.06. The fourth-order valence-electron chi connectivity index (χ4n) is 1.86. The van der Waals surface area contributed by atoms with Crippen molar-refractivity contribution in [2.24, 2.45) is 0 Å². The predicted molar refractivity (Wildman–Crippen MR) is 58.3 cm³/mol. The summed E-state index contributed by atoms with van der Waals surface area (Å²) in [5.41, 5.74) is 0.933. The highest BCUT2D eigenvalue weighted by atomic mass is 35.5. The van der Waals surface area contributed by atoms with Crippen LogP contribution in [-0.2, 0) is 6.54 Å². The van der Waals surface area contributed by atoms with Gasteiger partial charge < -0.3 is 0 Å². The third kappa shape index (κ3) is 3.14. The molecule has 1 aromatic heterocycles. The number of piperidine rings is 1. The molecule has 2 heterocycles. The summed E-state index contributed by atoms with van der Waals surface area (Å²) in [6, 6.07) is 1.54. The Labute approximate surface area is 94.1 Å². The summed E-state index contributed by atoms with van der Waals surface area (Å²) in [6.45, 7) is 2.75. The van der Waals surface area contributed by atoms with E-state index < -0.39 is 0 Å². The van der Waals surface area contributed by atoms with Gasteiger partial charge in [0.25, 0.3) is 0 Å². The van der Waals surface area contributed by atoms with Gasteiger partial charge in [0.2, 0.25) is 0 Å². The lowest BCUT2D eigenvalue weighted by Gasteiger charge is -2.28. The number of halogens is 2. The van der Waals surface area contributed by atoms with Crippen molar-refractivity contribution >= 4 is 11.6 Å². The number of nitrogens with zero attached hydrogens (tertiary/aromatic N) is 2. The molecule has 0 bridgehead atoms. The Morgan fingerprint density at radius 2 is 2.13 bits per heavy atom. The van der Waals surface area contributed by atoms with Gasteiger partial charge in [-0.15, -0.1) is 11.6 Å². The Morgan fingerprint density at radius 1 is 1.40 bits per heavy atom. The first-order chi connectivity index (χ1) is 7.24. The van der Waals surface area contributed by atoms with Gasteiger partial charge in [0.15, 0.2) is 0 Å². The number of rotatable bonds is 2. The van der Waals surface area contributed by atoms with Gasteiger partial charge >= 0.3 is 0 Å². The van der Waals surface area contributed by atoms with Crippen LogP contribution in [0.1, 0.15) is 18.4 Å². The highest BCUT2D eigenvalue weighted by Crippen LogP contribution is 2.17. The zero-order chi connectivity index (χ0) is 10.7. The van der Waals surface area contributed by atoms with Crippen molar-refractivity contribution < 1.29 is 4.39 Å². The lowest BCUT2D eigenvalue weighted by atomic mass is 10.1. The third-order valence-corrected chi connectivity index (χ3v) is 3.12. The zero-order valence-corrected chi connectivity index (χ0v) is 9.25. The van der Waals surface area contributed by atoms with E-state index in [2.05, 4.69) is 9.88 Å². The number of pyridine rings is 1. The van der Waals surface area contributed by atoms with E-state index in [9.17, 15) is 4.39 Å². The summed E-state index contributed by atoms with van der Waals surface area (Å²) in [4.78, 5) is 6.12.